The van der Waals surface area contributed by atoms with Crippen molar-refractivity contribution in [3.63, 3.8) is 0 Å². The Hall–Kier alpha value is -3.71. The number of rotatable bonds is 7. The van der Waals surface area contributed by atoms with Gasteiger partial charge in [-0.1, -0.05) is 36.4 Å². The average Bonchev–Trinajstić information content (AvgIpc) is 3.58. The van der Waals surface area contributed by atoms with Crippen LogP contribution in [0.15, 0.2) is 78.9 Å². The van der Waals surface area contributed by atoms with Crippen LogP contribution in [0, 0.1) is 10.1 Å². The zero-order valence-electron chi connectivity index (χ0n) is 15.4. The molecule has 0 radical (unpaired) electrons. The van der Waals surface area contributed by atoms with Gasteiger partial charge in [-0.3, -0.25) is 19.8 Å². The van der Waals surface area contributed by atoms with Crippen molar-refractivity contribution in [2.75, 3.05) is 18.1 Å². The van der Waals surface area contributed by atoms with Crippen LogP contribution in [-0.4, -0.2) is 30.1 Å². The Bertz CT molecular complexity index is 1020. The molecule has 0 saturated carbocycles. The van der Waals surface area contributed by atoms with Crippen molar-refractivity contribution in [1.82, 2.24) is 0 Å². The van der Waals surface area contributed by atoms with Crippen LogP contribution < -0.4 is 9.64 Å². The summed E-state index contributed by atoms with van der Waals surface area (Å²) in [4.78, 5) is 25.7. The Morgan fingerprint density at radius 3 is 2.31 bits per heavy atom. The molecule has 1 fully saturated rings. The summed E-state index contributed by atoms with van der Waals surface area (Å²) in [6.45, 7) is 0.804. The molecule has 4 rings (SSSR count). The van der Waals surface area contributed by atoms with Crippen molar-refractivity contribution < 1.29 is 19.2 Å². The third-order valence-electron chi connectivity index (χ3n) is 4.46. The molecule has 1 aliphatic rings. The first-order chi connectivity index (χ1) is 14.1. The van der Waals surface area contributed by atoms with Gasteiger partial charge in [-0.25, -0.2) is 0 Å². The second kappa shape index (κ2) is 8.12. The highest BCUT2D eigenvalue weighted by Gasteiger charge is 2.27. The zero-order valence-corrected chi connectivity index (χ0v) is 15.4. The van der Waals surface area contributed by atoms with Gasteiger partial charge in [-0.05, 0) is 30.3 Å². The first kappa shape index (κ1) is 18.6. The maximum Gasteiger partial charge on any atom is 0.311 e. The Kier molecular flexibility index (Phi) is 5.22. The molecule has 1 saturated heterocycles. The number of nitrogens with zero attached hydrogens (tertiary/aromatic N) is 2. The Labute approximate surface area is 167 Å². The highest BCUT2D eigenvalue weighted by molar-refractivity contribution is 6.11. The predicted octanol–water partition coefficient (Wildman–Crippen LogP) is 4.35. The standard InChI is InChI=1S/C22H18N2O5/c25-22(16-7-3-1-4-8-16)23(17-9-5-2-6-10-17)18-11-12-20(24(26)27)21(13-18)29-15-19-14-28-19/h1-13,19H,14-15H2. The summed E-state index contributed by atoms with van der Waals surface area (Å²) in [5, 5.41) is 11.4. The molecule has 0 aliphatic carbocycles. The quantitative estimate of drug-likeness (QED) is 0.340. The molecule has 7 nitrogen and oxygen atoms in total. The fraction of sp³-hybridized carbons (Fsp3) is 0.136. The van der Waals surface area contributed by atoms with Crippen LogP contribution in [0.25, 0.3) is 0 Å². The third-order valence-corrected chi connectivity index (χ3v) is 4.46. The number of benzene rings is 3. The number of epoxide rings is 1. The topological polar surface area (TPSA) is 85.2 Å². The van der Waals surface area contributed by atoms with Gasteiger partial charge in [-0.2, -0.15) is 0 Å². The highest BCUT2D eigenvalue weighted by atomic mass is 16.6. The molecule has 0 spiro atoms. The average molecular weight is 390 g/mol. The van der Waals surface area contributed by atoms with Crippen LogP contribution in [0.3, 0.4) is 0 Å². The van der Waals surface area contributed by atoms with E-state index in [0.29, 0.717) is 23.5 Å². The highest BCUT2D eigenvalue weighted by Crippen LogP contribution is 2.36. The maximum atomic E-state index is 13.3. The molecule has 1 amide bonds. The zero-order chi connectivity index (χ0) is 20.2. The molecule has 7 heteroatoms. The fourth-order valence-corrected chi connectivity index (χ4v) is 2.93. The van der Waals surface area contributed by atoms with Gasteiger partial charge in [0.25, 0.3) is 5.91 Å². The van der Waals surface area contributed by atoms with E-state index >= 15 is 0 Å². The molecule has 0 N–H and O–H groups in total. The van der Waals surface area contributed by atoms with Gasteiger partial charge in [0.05, 0.1) is 17.2 Å². The van der Waals surface area contributed by atoms with Crippen LogP contribution in [-0.2, 0) is 4.74 Å². The van der Waals surface area contributed by atoms with E-state index in [1.54, 1.807) is 42.5 Å². The number of ether oxygens (including phenoxy) is 2. The molecule has 0 aromatic heterocycles. The Morgan fingerprint density at radius 2 is 1.69 bits per heavy atom. The van der Waals surface area contributed by atoms with E-state index in [9.17, 15) is 14.9 Å². The maximum absolute atomic E-state index is 13.3. The van der Waals surface area contributed by atoms with E-state index in [4.69, 9.17) is 9.47 Å². The summed E-state index contributed by atoms with van der Waals surface area (Å²) < 4.78 is 10.7. The van der Waals surface area contributed by atoms with Gasteiger partial charge in [-0.15, -0.1) is 0 Å². The minimum Gasteiger partial charge on any atom is -0.484 e. The SMILES string of the molecule is O=C(c1ccccc1)N(c1ccccc1)c1ccc([N+](=O)[O-])c(OCC2CO2)c1. The Balaban J connectivity index is 1.76. The van der Waals surface area contributed by atoms with Gasteiger partial charge in [0.2, 0.25) is 0 Å². The number of nitro benzene ring substituents is 1. The lowest BCUT2D eigenvalue weighted by molar-refractivity contribution is -0.385. The summed E-state index contributed by atoms with van der Waals surface area (Å²) in [7, 11) is 0. The van der Waals surface area contributed by atoms with Crippen molar-refractivity contribution in [1.29, 1.82) is 0 Å². The van der Waals surface area contributed by atoms with E-state index in [-0.39, 0.29) is 30.1 Å². The van der Waals surface area contributed by atoms with E-state index in [0.717, 1.165) is 0 Å². The molecule has 1 atom stereocenters. The second-order valence-electron chi connectivity index (χ2n) is 6.52. The number of carbonyl (C=O) groups excluding carboxylic acids is 1. The first-order valence-electron chi connectivity index (χ1n) is 9.11. The van der Waals surface area contributed by atoms with E-state index < -0.39 is 4.92 Å². The van der Waals surface area contributed by atoms with Crippen molar-refractivity contribution in [3.05, 3.63) is 94.5 Å². The lowest BCUT2D eigenvalue weighted by Crippen LogP contribution is -2.26. The molecule has 0 bridgehead atoms. The summed E-state index contributed by atoms with van der Waals surface area (Å²) in [6.07, 6.45) is -0.0468. The molecule has 146 valence electrons. The number of para-hydroxylation sites is 1. The normalized spacial score (nSPS) is 14.8. The summed E-state index contributed by atoms with van der Waals surface area (Å²) in [5.41, 5.74) is 1.46. The number of anilines is 2. The van der Waals surface area contributed by atoms with Gasteiger partial charge in [0.15, 0.2) is 5.75 Å². The van der Waals surface area contributed by atoms with Crippen molar-refractivity contribution in [3.8, 4) is 5.75 Å². The van der Waals surface area contributed by atoms with Crippen LogP contribution in [0.2, 0.25) is 0 Å². The van der Waals surface area contributed by atoms with Crippen LogP contribution in [0.4, 0.5) is 17.1 Å². The molecular weight excluding hydrogens is 372 g/mol. The molecule has 1 heterocycles. The van der Waals surface area contributed by atoms with Crippen molar-refractivity contribution >= 4 is 23.0 Å². The molecule has 3 aromatic carbocycles. The number of amides is 1. The summed E-state index contributed by atoms with van der Waals surface area (Å²) >= 11 is 0. The monoisotopic (exact) mass is 390 g/mol. The van der Waals surface area contributed by atoms with Crippen LogP contribution in [0.1, 0.15) is 10.4 Å². The largest absolute Gasteiger partial charge is 0.484 e. The second-order valence-corrected chi connectivity index (χ2v) is 6.52. The van der Waals surface area contributed by atoms with E-state index in [1.165, 1.54) is 17.0 Å². The van der Waals surface area contributed by atoms with Crippen LogP contribution in [0.5, 0.6) is 5.75 Å². The number of hydrogen-bond acceptors (Lipinski definition) is 5. The lowest BCUT2D eigenvalue weighted by atomic mass is 10.1. The molecule has 3 aromatic rings. The van der Waals surface area contributed by atoms with E-state index in [2.05, 4.69) is 0 Å². The number of nitro groups is 1. The summed E-state index contributed by atoms with van der Waals surface area (Å²) in [6, 6.07) is 22.4. The van der Waals surface area contributed by atoms with E-state index in [1.807, 2.05) is 24.3 Å². The smallest absolute Gasteiger partial charge is 0.311 e. The minimum atomic E-state index is -0.501. The molecular formula is C22H18N2O5. The van der Waals surface area contributed by atoms with Crippen molar-refractivity contribution in [2.45, 2.75) is 6.10 Å². The number of carbonyl (C=O) groups is 1. The third kappa shape index (κ3) is 4.25. The minimum absolute atomic E-state index is 0.0468. The van der Waals surface area contributed by atoms with Gasteiger partial charge in [0, 0.05) is 23.4 Å². The van der Waals surface area contributed by atoms with Gasteiger partial charge in [0.1, 0.15) is 12.7 Å². The first-order valence-corrected chi connectivity index (χ1v) is 9.11. The number of hydrogen-bond donors (Lipinski definition) is 0. The van der Waals surface area contributed by atoms with Gasteiger partial charge < -0.3 is 9.47 Å². The Morgan fingerprint density at radius 1 is 1.03 bits per heavy atom. The van der Waals surface area contributed by atoms with Crippen molar-refractivity contribution in [2.24, 2.45) is 0 Å². The lowest BCUT2D eigenvalue weighted by Gasteiger charge is -2.23. The molecule has 1 unspecified atom stereocenters. The fourth-order valence-electron chi connectivity index (χ4n) is 2.93. The summed E-state index contributed by atoms with van der Waals surface area (Å²) in [5.74, 6) is -0.146. The molecule has 29 heavy (non-hydrogen) atoms. The molecule has 1 aliphatic heterocycles. The van der Waals surface area contributed by atoms with Gasteiger partial charge >= 0.3 is 5.69 Å². The predicted molar refractivity (Wildman–Crippen MR) is 108 cm³/mol. The van der Waals surface area contributed by atoms with Crippen LogP contribution >= 0.6 is 0 Å².